The van der Waals surface area contributed by atoms with Crippen molar-refractivity contribution >= 4 is 38.6 Å². The number of nitrogens with one attached hydrogen (secondary N) is 1. The van der Waals surface area contributed by atoms with Crippen LogP contribution in [0.3, 0.4) is 0 Å². The fourth-order valence-electron chi connectivity index (χ4n) is 2.33. The highest BCUT2D eigenvalue weighted by atomic mass is 79.9. The van der Waals surface area contributed by atoms with Crippen molar-refractivity contribution in [1.82, 2.24) is 4.98 Å². The Morgan fingerprint density at radius 3 is 2.62 bits per heavy atom. The lowest BCUT2D eigenvalue weighted by Gasteiger charge is -2.07. The van der Waals surface area contributed by atoms with E-state index < -0.39 is 18.1 Å². The van der Waals surface area contributed by atoms with Gasteiger partial charge in [0, 0.05) is 27.0 Å². The summed E-state index contributed by atoms with van der Waals surface area (Å²) in [6, 6.07) is 14.9. The molecule has 3 aromatic rings. The Balaban J connectivity index is 1.81. The Hall–Kier alpha value is -2.73. The summed E-state index contributed by atoms with van der Waals surface area (Å²) in [5.41, 5.74) is 0.707. The minimum absolute atomic E-state index is 0.136. The van der Waals surface area contributed by atoms with E-state index in [1.54, 1.807) is 48.5 Å². The number of ether oxygens (including phenoxy) is 1. The largest absolute Gasteiger partial charge is 0.454 e. The lowest BCUT2D eigenvalue weighted by molar-refractivity contribution is 0.0476. The number of H-pyrrole nitrogens is 1. The summed E-state index contributed by atoms with van der Waals surface area (Å²) in [7, 11) is 0. The maximum Gasteiger partial charge on any atom is 0.339 e. The van der Waals surface area contributed by atoms with E-state index in [-0.39, 0.29) is 11.3 Å². The number of benzene rings is 2. The molecule has 0 spiro atoms. The first kappa shape index (κ1) is 16.1. The molecule has 0 bridgehead atoms. The number of aromatic amines is 1. The number of carbonyl (C=O) groups excluding carboxylic acids is 2. The summed E-state index contributed by atoms with van der Waals surface area (Å²) < 4.78 is 5.85. The SMILES string of the molecule is O=C(COC(=O)c1cc(=O)[nH]c2ccccc12)c1cccc(Br)c1. The molecule has 6 heteroatoms. The van der Waals surface area contributed by atoms with Crippen molar-refractivity contribution in [1.29, 1.82) is 0 Å². The van der Waals surface area contributed by atoms with Crippen LogP contribution in [0.5, 0.6) is 0 Å². The molecule has 0 fully saturated rings. The predicted molar refractivity (Wildman–Crippen MR) is 93.3 cm³/mol. The number of fused-ring (bicyclic) bond motifs is 1. The monoisotopic (exact) mass is 385 g/mol. The van der Waals surface area contributed by atoms with Gasteiger partial charge in [0.05, 0.1) is 5.56 Å². The Morgan fingerprint density at radius 2 is 1.83 bits per heavy atom. The van der Waals surface area contributed by atoms with Gasteiger partial charge in [-0.15, -0.1) is 0 Å². The minimum atomic E-state index is -0.708. The van der Waals surface area contributed by atoms with E-state index in [0.29, 0.717) is 16.5 Å². The number of esters is 1. The van der Waals surface area contributed by atoms with Gasteiger partial charge in [0.15, 0.2) is 12.4 Å². The Morgan fingerprint density at radius 1 is 1.04 bits per heavy atom. The average molecular weight is 386 g/mol. The van der Waals surface area contributed by atoms with Gasteiger partial charge in [-0.1, -0.05) is 46.3 Å². The molecule has 2 aromatic carbocycles. The highest BCUT2D eigenvalue weighted by Crippen LogP contribution is 2.16. The first-order valence-corrected chi connectivity index (χ1v) is 7.92. The quantitative estimate of drug-likeness (QED) is 0.551. The molecule has 5 nitrogen and oxygen atoms in total. The van der Waals surface area contributed by atoms with Crippen LogP contribution in [0.25, 0.3) is 10.9 Å². The maximum atomic E-state index is 12.3. The Labute approximate surface area is 145 Å². The zero-order chi connectivity index (χ0) is 17.1. The van der Waals surface area contributed by atoms with Crippen molar-refractivity contribution in [3.63, 3.8) is 0 Å². The van der Waals surface area contributed by atoms with E-state index in [1.807, 2.05) is 0 Å². The van der Waals surface area contributed by atoms with Crippen molar-refractivity contribution in [2.24, 2.45) is 0 Å². The number of rotatable bonds is 4. The van der Waals surface area contributed by atoms with Gasteiger partial charge in [0.25, 0.3) is 0 Å². The number of hydrogen-bond acceptors (Lipinski definition) is 4. The third-order valence-electron chi connectivity index (χ3n) is 3.45. The second-order valence-corrected chi connectivity index (χ2v) is 6.02. The average Bonchev–Trinajstić information content (AvgIpc) is 2.58. The zero-order valence-electron chi connectivity index (χ0n) is 12.4. The van der Waals surface area contributed by atoms with Gasteiger partial charge >= 0.3 is 5.97 Å². The Bertz CT molecular complexity index is 993. The number of pyridine rings is 1. The van der Waals surface area contributed by atoms with E-state index >= 15 is 0 Å². The number of carbonyl (C=O) groups is 2. The highest BCUT2D eigenvalue weighted by molar-refractivity contribution is 9.10. The third-order valence-corrected chi connectivity index (χ3v) is 3.94. The number of para-hydroxylation sites is 1. The normalized spacial score (nSPS) is 10.5. The van der Waals surface area contributed by atoms with E-state index in [1.165, 1.54) is 6.07 Å². The van der Waals surface area contributed by atoms with Gasteiger partial charge in [0.2, 0.25) is 5.56 Å². The van der Waals surface area contributed by atoms with Crippen LogP contribution in [0.1, 0.15) is 20.7 Å². The maximum absolute atomic E-state index is 12.3. The molecule has 0 saturated carbocycles. The predicted octanol–water partition coefficient (Wildman–Crippen LogP) is 3.33. The third kappa shape index (κ3) is 3.44. The standard InChI is InChI=1S/C18H12BrNO4/c19-12-5-3-4-11(8-12)16(21)10-24-18(23)14-9-17(22)20-15-7-2-1-6-13(14)15/h1-9H,10H2,(H,20,22). The van der Waals surface area contributed by atoms with E-state index in [2.05, 4.69) is 20.9 Å². The van der Waals surface area contributed by atoms with Crippen LogP contribution in [-0.4, -0.2) is 23.3 Å². The van der Waals surface area contributed by atoms with Gasteiger partial charge in [-0.05, 0) is 18.2 Å². The molecule has 24 heavy (non-hydrogen) atoms. The molecule has 0 saturated heterocycles. The Kier molecular flexibility index (Phi) is 4.57. The van der Waals surface area contributed by atoms with Crippen LogP contribution in [0, 0.1) is 0 Å². The van der Waals surface area contributed by atoms with Crippen LogP contribution >= 0.6 is 15.9 Å². The van der Waals surface area contributed by atoms with Crippen LogP contribution in [0.4, 0.5) is 0 Å². The number of hydrogen-bond donors (Lipinski definition) is 1. The molecule has 0 radical (unpaired) electrons. The summed E-state index contributed by atoms with van der Waals surface area (Å²) in [6.07, 6.45) is 0. The molecule has 0 unspecified atom stereocenters. The van der Waals surface area contributed by atoms with E-state index in [0.717, 1.165) is 4.47 Å². The van der Waals surface area contributed by atoms with Gasteiger partial charge in [-0.2, -0.15) is 0 Å². The number of ketones is 1. The number of aromatic nitrogens is 1. The molecule has 0 aliphatic carbocycles. The van der Waals surface area contributed by atoms with Gasteiger partial charge in [-0.25, -0.2) is 4.79 Å². The molecule has 0 aliphatic heterocycles. The molecule has 1 aromatic heterocycles. The van der Waals surface area contributed by atoms with Crippen molar-refractivity contribution in [3.8, 4) is 0 Å². The topological polar surface area (TPSA) is 76.2 Å². The molecule has 3 rings (SSSR count). The molecular formula is C18H12BrNO4. The fraction of sp³-hybridized carbons (Fsp3) is 0.0556. The fourth-order valence-corrected chi connectivity index (χ4v) is 2.73. The highest BCUT2D eigenvalue weighted by Gasteiger charge is 2.15. The van der Waals surface area contributed by atoms with Crippen molar-refractivity contribution < 1.29 is 14.3 Å². The van der Waals surface area contributed by atoms with Crippen molar-refractivity contribution in [2.45, 2.75) is 0 Å². The van der Waals surface area contributed by atoms with Gasteiger partial charge < -0.3 is 9.72 Å². The first-order chi connectivity index (χ1) is 11.5. The summed E-state index contributed by atoms with van der Waals surface area (Å²) >= 11 is 3.28. The van der Waals surface area contributed by atoms with E-state index in [9.17, 15) is 14.4 Å². The summed E-state index contributed by atoms with van der Waals surface area (Å²) in [6.45, 7) is -0.392. The number of Topliss-reactive ketones (excluding diaryl/α,β-unsaturated/α-hetero) is 1. The van der Waals surface area contributed by atoms with Crippen LogP contribution in [0.15, 0.2) is 63.9 Å². The summed E-state index contributed by atoms with van der Waals surface area (Å²) in [5, 5.41) is 0.567. The first-order valence-electron chi connectivity index (χ1n) is 7.12. The lowest BCUT2D eigenvalue weighted by Crippen LogP contribution is -2.17. The van der Waals surface area contributed by atoms with Gasteiger partial charge in [0.1, 0.15) is 0 Å². The number of halogens is 1. The molecule has 0 atom stereocenters. The molecular weight excluding hydrogens is 374 g/mol. The molecule has 1 N–H and O–H groups in total. The van der Waals surface area contributed by atoms with Crippen molar-refractivity contribution in [3.05, 3.63) is 80.6 Å². The lowest BCUT2D eigenvalue weighted by atomic mass is 10.1. The molecule has 1 heterocycles. The van der Waals surface area contributed by atoms with Crippen LogP contribution in [0.2, 0.25) is 0 Å². The second-order valence-electron chi connectivity index (χ2n) is 5.10. The van der Waals surface area contributed by atoms with Crippen LogP contribution < -0.4 is 5.56 Å². The summed E-state index contributed by atoms with van der Waals surface area (Å²) in [4.78, 5) is 38.7. The molecule has 0 aliphatic rings. The van der Waals surface area contributed by atoms with Crippen LogP contribution in [-0.2, 0) is 4.74 Å². The van der Waals surface area contributed by atoms with Gasteiger partial charge in [-0.3, -0.25) is 9.59 Å². The minimum Gasteiger partial charge on any atom is -0.454 e. The molecule has 120 valence electrons. The zero-order valence-corrected chi connectivity index (χ0v) is 14.0. The van der Waals surface area contributed by atoms with E-state index in [4.69, 9.17) is 4.74 Å². The van der Waals surface area contributed by atoms with Crippen molar-refractivity contribution in [2.75, 3.05) is 6.61 Å². The smallest absolute Gasteiger partial charge is 0.339 e. The summed E-state index contributed by atoms with van der Waals surface area (Å²) in [5.74, 6) is -1.03. The molecule has 0 amide bonds. The second kappa shape index (κ2) is 6.80.